The number of amides is 2. The molecule has 0 aromatic heterocycles. The standard InChI is InChI=1S/C17H15NO3/c19-10-17(7-8-17)9-18-15(20)12-5-1-3-11-4-2-6-13(14(11)12)16(18)21/h1-6,19H,7-10H2. The number of aliphatic hydroxyl groups is 1. The van der Waals surface area contributed by atoms with Crippen LogP contribution in [-0.4, -0.2) is 35.0 Å². The lowest BCUT2D eigenvalue weighted by Crippen LogP contribution is -2.44. The molecule has 0 saturated heterocycles. The number of rotatable bonds is 3. The molecule has 4 rings (SSSR count). The maximum absolute atomic E-state index is 12.7. The van der Waals surface area contributed by atoms with Crippen LogP contribution in [0.4, 0.5) is 0 Å². The van der Waals surface area contributed by atoms with E-state index in [1.807, 2.05) is 24.3 Å². The molecule has 1 heterocycles. The highest BCUT2D eigenvalue weighted by Crippen LogP contribution is 2.46. The van der Waals surface area contributed by atoms with E-state index in [9.17, 15) is 14.7 Å². The summed E-state index contributed by atoms with van der Waals surface area (Å²) in [6, 6.07) is 11.0. The molecule has 0 atom stereocenters. The van der Waals surface area contributed by atoms with Crippen LogP contribution in [0.1, 0.15) is 33.6 Å². The Labute approximate surface area is 122 Å². The van der Waals surface area contributed by atoms with Crippen molar-refractivity contribution in [2.24, 2.45) is 5.41 Å². The first-order valence-electron chi connectivity index (χ1n) is 7.14. The van der Waals surface area contributed by atoms with E-state index in [1.54, 1.807) is 12.1 Å². The highest BCUT2D eigenvalue weighted by molar-refractivity contribution is 6.25. The van der Waals surface area contributed by atoms with Gasteiger partial charge in [0.1, 0.15) is 0 Å². The Hall–Kier alpha value is -2.20. The summed E-state index contributed by atoms with van der Waals surface area (Å²) in [6.45, 7) is 0.335. The lowest BCUT2D eigenvalue weighted by Gasteiger charge is -2.29. The minimum atomic E-state index is -0.272. The molecule has 21 heavy (non-hydrogen) atoms. The molecule has 0 unspecified atom stereocenters. The molecule has 2 aliphatic rings. The quantitative estimate of drug-likeness (QED) is 0.878. The number of benzene rings is 2. The third kappa shape index (κ3) is 1.72. The summed E-state index contributed by atoms with van der Waals surface area (Å²) >= 11 is 0. The second-order valence-corrected chi connectivity index (χ2v) is 6.06. The number of carbonyl (C=O) groups is 2. The van der Waals surface area contributed by atoms with Gasteiger partial charge < -0.3 is 5.11 Å². The fraction of sp³-hybridized carbons (Fsp3) is 0.294. The van der Waals surface area contributed by atoms with E-state index in [4.69, 9.17) is 0 Å². The maximum Gasteiger partial charge on any atom is 0.261 e. The molecule has 4 nitrogen and oxygen atoms in total. The van der Waals surface area contributed by atoms with Crippen molar-refractivity contribution in [3.8, 4) is 0 Å². The summed E-state index contributed by atoms with van der Waals surface area (Å²) in [5.41, 5.74) is 0.888. The molecule has 0 bridgehead atoms. The first-order valence-corrected chi connectivity index (χ1v) is 7.14. The summed E-state index contributed by atoms with van der Waals surface area (Å²) in [4.78, 5) is 26.6. The molecule has 1 N–H and O–H groups in total. The van der Waals surface area contributed by atoms with Gasteiger partial charge in [0.15, 0.2) is 0 Å². The SMILES string of the molecule is O=C1c2cccc3cccc(c23)C(=O)N1CC1(CO)CC1. The summed E-state index contributed by atoms with van der Waals surface area (Å²) in [7, 11) is 0. The molecule has 2 aromatic rings. The minimum Gasteiger partial charge on any atom is -0.396 e. The third-order valence-electron chi connectivity index (χ3n) is 4.64. The Morgan fingerprint density at radius 2 is 1.57 bits per heavy atom. The monoisotopic (exact) mass is 281 g/mol. The average Bonchev–Trinajstić information content (AvgIpc) is 3.29. The van der Waals surface area contributed by atoms with Gasteiger partial charge in [-0.05, 0) is 30.4 Å². The molecular weight excluding hydrogens is 266 g/mol. The number of carbonyl (C=O) groups excluding carboxylic acids is 2. The smallest absolute Gasteiger partial charge is 0.261 e. The fourth-order valence-electron chi connectivity index (χ4n) is 3.10. The van der Waals surface area contributed by atoms with Crippen molar-refractivity contribution in [3.05, 3.63) is 47.5 Å². The number of hydrogen-bond donors (Lipinski definition) is 1. The molecule has 4 heteroatoms. The van der Waals surface area contributed by atoms with Crippen molar-refractivity contribution in [1.29, 1.82) is 0 Å². The highest BCUT2D eigenvalue weighted by Gasteiger charge is 2.47. The summed E-state index contributed by atoms with van der Waals surface area (Å²) in [5.74, 6) is -0.493. The zero-order valence-electron chi connectivity index (χ0n) is 11.5. The molecule has 1 fully saturated rings. The van der Waals surface area contributed by atoms with Crippen LogP contribution in [-0.2, 0) is 0 Å². The first kappa shape index (κ1) is 12.5. The van der Waals surface area contributed by atoms with Gasteiger partial charge in [-0.1, -0.05) is 24.3 Å². The predicted molar refractivity (Wildman–Crippen MR) is 78.1 cm³/mol. The summed E-state index contributed by atoms with van der Waals surface area (Å²) < 4.78 is 0. The minimum absolute atomic E-state index is 0.0237. The lowest BCUT2D eigenvalue weighted by atomic mass is 9.93. The van der Waals surface area contributed by atoms with Gasteiger partial charge in [0.25, 0.3) is 11.8 Å². The van der Waals surface area contributed by atoms with Crippen LogP contribution in [0, 0.1) is 5.41 Å². The van der Waals surface area contributed by atoms with Gasteiger partial charge in [0, 0.05) is 28.5 Å². The van der Waals surface area contributed by atoms with Gasteiger partial charge in [-0.15, -0.1) is 0 Å². The van der Waals surface area contributed by atoms with Gasteiger partial charge in [0.05, 0.1) is 6.61 Å². The molecular formula is C17H15NO3. The molecule has 1 aliphatic heterocycles. The number of nitrogens with zero attached hydrogens (tertiary/aromatic N) is 1. The van der Waals surface area contributed by atoms with Crippen molar-refractivity contribution in [3.63, 3.8) is 0 Å². The zero-order valence-corrected chi connectivity index (χ0v) is 11.5. The zero-order chi connectivity index (χ0) is 14.6. The summed E-state index contributed by atoms with van der Waals surface area (Å²) in [5, 5.41) is 11.1. The number of aliphatic hydroxyl groups excluding tert-OH is 1. The van der Waals surface area contributed by atoms with Crippen molar-refractivity contribution in [2.75, 3.05) is 13.2 Å². The van der Waals surface area contributed by atoms with Crippen LogP contribution in [0.3, 0.4) is 0 Å². The lowest BCUT2D eigenvalue weighted by molar-refractivity contribution is 0.0547. The Morgan fingerprint density at radius 1 is 1.00 bits per heavy atom. The van der Waals surface area contributed by atoms with Gasteiger partial charge >= 0.3 is 0 Å². The second-order valence-electron chi connectivity index (χ2n) is 6.06. The van der Waals surface area contributed by atoms with Gasteiger partial charge in [-0.3, -0.25) is 14.5 Å². The third-order valence-corrected chi connectivity index (χ3v) is 4.64. The van der Waals surface area contributed by atoms with Crippen molar-refractivity contribution < 1.29 is 14.7 Å². The Bertz CT molecular complexity index is 726. The Balaban J connectivity index is 1.85. The first-order chi connectivity index (χ1) is 10.2. The van der Waals surface area contributed by atoms with Crippen LogP contribution in [0.15, 0.2) is 36.4 Å². The van der Waals surface area contributed by atoms with E-state index in [2.05, 4.69) is 0 Å². The van der Waals surface area contributed by atoms with E-state index in [0.717, 1.165) is 23.6 Å². The topological polar surface area (TPSA) is 57.6 Å². The molecule has 106 valence electrons. The van der Waals surface area contributed by atoms with Gasteiger partial charge in [-0.25, -0.2) is 0 Å². The molecule has 0 radical (unpaired) electrons. The predicted octanol–water partition coefficient (Wildman–Crippen LogP) is 2.21. The number of imide groups is 1. The Kier molecular flexibility index (Phi) is 2.48. The van der Waals surface area contributed by atoms with E-state index >= 15 is 0 Å². The average molecular weight is 281 g/mol. The molecule has 0 spiro atoms. The summed E-state index contributed by atoms with van der Waals surface area (Å²) in [6.07, 6.45) is 1.73. The van der Waals surface area contributed by atoms with Gasteiger partial charge in [0.2, 0.25) is 0 Å². The second kappa shape index (κ2) is 4.15. The van der Waals surface area contributed by atoms with Crippen molar-refractivity contribution in [2.45, 2.75) is 12.8 Å². The van der Waals surface area contributed by atoms with Crippen LogP contribution in [0.25, 0.3) is 10.8 Å². The van der Waals surface area contributed by atoms with E-state index in [1.165, 1.54) is 4.90 Å². The van der Waals surface area contributed by atoms with Crippen LogP contribution in [0.5, 0.6) is 0 Å². The van der Waals surface area contributed by atoms with E-state index in [-0.39, 0.29) is 23.8 Å². The molecule has 1 aliphatic carbocycles. The van der Waals surface area contributed by atoms with Crippen molar-refractivity contribution >= 4 is 22.6 Å². The van der Waals surface area contributed by atoms with Crippen molar-refractivity contribution in [1.82, 2.24) is 4.90 Å². The normalized spacial score (nSPS) is 19.2. The maximum atomic E-state index is 12.7. The van der Waals surface area contributed by atoms with E-state index < -0.39 is 0 Å². The Morgan fingerprint density at radius 3 is 2.05 bits per heavy atom. The fourth-order valence-corrected chi connectivity index (χ4v) is 3.10. The molecule has 2 aromatic carbocycles. The largest absolute Gasteiger partial charge is 0.396 e. The highest BCUT2D eigenvalue weighted by atomic mass is 16.3. The van der Waals surface area contributed by atoms with Crippen LogP contribution >= 0.6 is 0 Å². The molecule has 1 saturated carbocycles. The van der Waals surface area contributed by atoms with Crippen LogP contribution < -0.4 is 0 Å². The van der Waals surface area contributed by atoms with E-state index in [0.29, 0.717) is 17.7 Å². The van der Waals surface area contributed by atoms with Crippen LogP contribution in [0.2, 0.25) is 0 Å². The van der Waals surface area contributed by atoms with Gasteiger partial charge in [-0.2, -0.15) is 0 Å². The molecule has 2 amide bonds. The number of hydrogen-bond acceptors (Lipinski definition) is 3.